The molecule has 1 heterocycles. The second kappa shape index (κ2) is 7.73. The van der Waals surface area contributed by atoms with Crippen molar-refractivity contribution >= 4 is 40.9 Å². The zero-order chi connectivity index (χ0) is 15.4. The first-order valence-electron chi connectivity index (χ1n) is 7.04. The second-order valence-electron chi connectivity index (χ2n) is 5.25. The molecule has 21 heavy (non-hydrogen) atoms. The van der Waals surface area contributed by atoms with Crippen LogP contribution < -0.4 is 5.73 Å². The van der Waals surface area contributed by atoms with Crippen LogP contribution in [-0.4, -0.2) is 35.4 Å². The Labute approximate surface area is 140 Å². The molecule has 1 aliphatic heterocycles. The Hall–Kier alpha value is -0.420. The summed E-state index contributed by atoms with van der Waals surface area (Å²) in [5, 5.41) is 1.06. The predicted octanol–water partition coefficient (Wildman–Crippen LogP) is 3.74. The molecule has 2 N–H and O–H groups in total. The van der Waals surface area contributed by atoms with Crippen molar-refractivity contribution in [2.45, 2.75) is 31.3 Å². The first kappa shape index (κ1) is 16.9. The van der Waals surface area contributed by atoms with Crippen LogP contribution in [0.4, 0.5) is 0 Å². The minimum Gasteiger partial charge on any atom is -0.334 e. The highest BCUT2D eigenvalue weighted by Crippen LogP contribution is 2.35. The van der Waals surface area contributed by atoms with E-state index in [9.17, 15) is 4.79 Å². The van der Waals surface area contributed by atoms with Crippen LogP contribution in [0.3, 0.4) is 0 Å². The van der Waals surface area contributed by atoms with E-state index in [1.54, 1.807) is 17.8 Å². The van der Waals surface area contributed by atoms with Crippen LogP contribution >= 0.6 is 35.0 Å². The van der Waals surface area contributed by atoms with Crippen LogP contribution in [0.25, 0.3) is 0 Å². The van der Waals surface area contributed by atoms with Gasteiger partial charge in [0.2, 0.25) is 5.91 Å². The van der Waals surface area contributed by atoms with Crippen LogP contribution in [0.2, 0.25) is 10.0 Å². The molecule has 1 fully saturated rings. The normalized spacial score (nSPS) is 19.8. The quantitative estimate of drug-likeness (QED) is 0.883. The Balaban J connectivity index is 2.12. The van der Waals surface area contributed by atoms with E-state index in [0.717, 1.165) is 30.7 Å². The molecule has 0 aromatic heterocycles. The third-order valence-corrected chi connectivity index (χ3v) is 5.20. The average Bonchev–Trinajstić information content (AvgIpc) is 2.96. The zero-order valence-corrected chi connectivity index (χ0v) is 14.3. The van der Waals surface area contributed by atoms with Crippen LogP contribution in [0, 0.1) is 0 Å². The van der Waals surface area contributed by atoms with Crippen LogP contribution in [-0.2, 0) is 4.79 Å². The van der Waals surface area contributed by atoms with Gasteiger partial charge in [0.1, 0.15) is 0 Å². The summed E-state index contributed by atoms with van der Waals surface area (Å²) in [4.78, 5) is 14.4. The summed E-state index contributed by atoms with van der Waals surface area (Å²) in [6, 6.07) is 5.23. The lowest BCUT2D eigenvalue weighted by atomic mass is 10.0. The van der Waals surface area contributed by atoms with Gasteiger partial charge in [-0.1, -0.05) is 29.3 Å². The number of rotatable bonds is 5. The molecule has 0 bridgehead atoms. The average molecular weight is 347 g/mol. The second-order valence-corrected chi connectivity index (χ2v) is 7.05. The monoisotopic (exact) mass is 346 g/mol. The molecule has 6 heteroatoms. The van der Waals surface area contributed by atoms with Crippen molar-refractivity contribution in [3.05, 3.63) is 33.8 Å². The Morgan fingerprint density at radius 3 is 2.90 bits per heavy atom. The van der Waals surface area contributed by atoms with Crippen molar-refractivity contribution in [3.8, 4) is 0 Å². The summed E-state index contributed by atoms with van der Waals surface area (Å²) in [6.07, 6.45) is 4.67. The lowest BCUT2D eigenvalue weighted by Crippen LogP contribution is -2.43. The van der Waals surface area contributed by atoms with Crippen LogP contribution in [0.1, 0.15) is 30.9 Å². The molecule has 2 rings (SSSR count). The van der Waals surface area contributed by atoms with E-state index in [4.69, 9.17) is 28.9 Å². The Bertz CT molecular complexity index is 512. The number of halogens is 2. The fraction of sp³-hybridized carbons (Fsp3) is 0.533. The van der Waals surface area contributed by atoms with Gasteiger partial charge in [-0.25, -0.2) is 0 Å². The largest absolute Gasteiger partial charge is 0.334 e. The molecule has 1 saturated heterocycles. The van der Waals surface area contributed by atoms with Crippen molar-refractivity contribution < 1.29 is 4.79 Å². The van der Waals surface area contributed by atoms with Gasteiger partial charge in [0.15, 0.2) is 0 Å². The van der Waals surface area contributed by atoms with Gasteiger partial charge in [-0.3, -0.25) is 4.79 Å². The summed E-state index contributed by atoms with van der Waals surface area (Å²) < 4.78 is 0. The van der Waals surface area contributed by atoms with Gasteiger partial charge in [-0.05, 0) is 49.0 Å². The molecule has 0 radical (unpaired) electrons. The highest BCUT2D eigenvalue weighted by Gasteiger charge is 2.32. The highest BCUT2D eigenvalue weighted by atomic mass is 35.5. The number of benzene rings is 1. The standard InChI is InChI=1S/C15H20Cl2N2OS/c1-21-8-6-13(18)15(20)19-7-2-3-14(19)10-4-5-11(16)12(17)9-10/h4-5,9,13-14H,2-3,6-8,18H2,1H3/t13-,14?/m1/s1. The van der Waals surface area contributed by atoms with Gasteiger partial charge >= 0.3 is 0 Å². The Morgan fingerprint density at radius 2 is 2.24 bits per heavy atom. The number of likely N-dealkylation sites (tertiary alicyclic amines) is 1. The van der Waals surface area contributed by atoms with E-state index in [-0.39, 0.29) is 11.9 Å². The van der Waals surface area contributed by atoms with Crippen molar-refractivity contribution in [2.24, 2.45) is 5.73 Å². The van der Waals surface area contributed by atoms with Crippen LogP contribution in [0.15, 0.2) is 18.2 Å². The maximum atomic E-state index is 12.5. The minimum atomic E-state index is -0.416. The first-order chi connectivity index (χ1) is 10.0. The highest BCUT2D eigenvalue weighted by molar-refractivity contribution is 7.98. The summed E-state index contributed by atoms with van der Waals surface area (Å²) >= 11 is 13.8. The number of carbonyl (C=O) groups is 1. The molecule has 116 valence electrons. The molecule has 1 aromatic rings. The van der Waals surface area contributed by atoms with E-state index in [1.807, 2.05) is 23.3 Å². The summed E-state index contributed by atoms with van der Waals surface area (Å²) in [5.41, 5.74) is 7.06. The van der Waals surface area contributed by atoms with E-state index in [0.29, 0.717) is 16.5 Å². The number of nitrogens with zero attached hydrogens (tertiary/aromatic N) is 1. The van der Waals surface area contributed by atoms with Gasteiger partial charge in [-0.15, -0.1) is 0 Å². The van der Waals surface area contributed by atoms with Gasteiger partial charge < -0.3 is 10.6 Å². The van der Waals surface area contributed by atoms with E-state index >= 15 is 0 Å². The molecular weight excluding hydrogens is 327 g/mol. The smallest absolute Gasteiger partial charge is 0.240 e. The Kier molecular flexibility index (Phi) is 6.23. The molecule has 1 aliphatic rings. The fourth-order valence-corrected chi connectivity index (χ4v) is 3.47. The maximum absolute atomic E-state index is 12.5. The number of carbonyl (C=O) groups excluding carboxylic acids is 1. The summed E-state index contributed by atoms with van der Waals surface area (Å²) in [7, 11) is 0. The number of hydrogen-bond donors (Lipinski definition) is 1. The Morgan fingerprint density at radius 1 is 1.48 bits per heavy atom. The zero-order valence-electron chi connectivity index (χ0n) is 12.0. The molecule has 1 amide bonds. The van der Waals surface area contributed by atoms with E-state index in [1.165, 1.54) is 0 Å². The minimum absolute atomic E-state index is 0.0395. The molecule has 1 aromatic carbocycles. The fourth-order valence-electron chi connectivity index (χ4n) is 2.68. The third kappa shape index (κ3) is 4.07. The van der Waals surface area contributed by atoms with Crippen LogP contribution in [0.5, 0.6) is 0 Å². The molecule has 0 aliphatic carbocycles. The molecule has 3 nitrogen and oxygen atoms in total. The molecule has 1 unspecified atom stereocenters. The van der Waals surface area contributed by atoms with Gasteiger partial charge in [0.25, 0.3) is 0 Å². The first-order valence-corrected chi connectivity index (χ1v) is 9.19. The number of hydrogen-bond acceptors (Lipinski definition) is 3. The number of thioether (sulfide) groups is 1. The van der Waals surface area contributed by atoms with Gasteiger partial charge in [-0.2, -0.15) is 11.8 Å². The van der Waals surface area contributed by atoms with Crippen molar-refractivity contribution in [1.82, 2.24) is 4.90 Å². The molecule has 0 saturated carbocycles. The number of amides is 1. The molecule has 2 atom stereocenters. The molecule has 0 spiro atoms. The number of nitrogens with two attached hydrogens (primary N) is 1. The third-order valence-electron chi connectivity index (χ3n) is 3.81. The molecular formula is C15H20Cl2N2OS. The van der Waals surface area contributed by atoms with E-state index in [2.05, 4.69) is 0 Å². The maximum Gasteiger partial charge on any atom is 0.240 e. The van der Waals surface area contributed by atoms with Gasteiger partial charge in [0.05, 0.1) is 22.1 Å². The topological polar surface area (TPSA) is 46.3 Å². The SMILES string of the molecule is CSCC[C@@H](N)C(=O)N1CCCC1c1ccc(Cl)c(Cl)c1. The summed E-state index contributed by atoms with van der Waals surface area (Å²) in [6.45, 7) is 0.761. The lowest BCUT2D eigenvalue weighted by molar-refractivity contribution is -0.133. The van der Waals surface area contributed by atoms with Gasteiger partial charge in [0, 0.05) is 6.54 Å². The van der Waals surface area contributed by atoms with E-state index < -0.39 is 6.04 Å². The van der Waals surface area contributed by atoms with Crippen molar-refractivity contribution in [1.29, 1.82) is 0 Å². The predicted molar refractivity (Wildman–Crippen MR) is 91.1 cm³/mol. The lowest BCUT2D eigenvalue weighted by Gasteiger charge is -2.28. The van der Waals surface area contributed by atoms with Crippen molar-refractivity contribution in [2.75, 3.05) is 18.6 Å². The summed E-state index contributed by atoms with van der Waals surface area (Å²) in [5.74, 6) is 0.940. The van der Waals surface area contributed by atoms with Crippen molar-refractivity contribution in [3.63, 3.8) is 0 Å².